The minimum Gasteiger partial charge on any atom is -0.370 e. The highest BCUT2D eigenvalue weighted by Gasteiger charge is 2.28. The van der Waals surface area contributed by atoms with Crippen LogP contribution in [0.25, 0.3) is 0 Å². The molecule has 0 radical (unpaired) electrons. The van der Waals surface area contributed by atoms with Crippen LogP contribution in [-0.2, 0) is 0 Å². The second kappa shape index (κ2) is 6.24. The number of piperidine rings is 1. The van der Waals surface area contributed by atoms with Crippen LogP contribution in [0.4, 0.5) is 0 Å². The van der Waals surface area contributed by atoms with Crippen LogP contribution < -0.4 is 11.1 Å². The van der Waals surface area contributed by atoms with E-state index in [2.05, 4.69) is 43.0 Å². The molecule has 0 aromatic heterocycles. The fourth-order valence-electron chi connectivity index (χ4n) is 1.96. The van der Waals surface area contributed by atoms with Gasteiger partial charge in [0, 0.05) is 13.1 Å². The molecular weight excluding hydrogens is 212 g/mol. The Balaban J connectivity index is 2.35. The van der Waals surface area contributed by atoms with Crippen molar-refractivity contribution in [3.05, 3.63) is 0 Å². The van der Waals surface area contributed by atoms with Crippen LogP contribution in [0.15, 0.2) is 4.99 Å². The van der Waals surface area contributed by atoms with Crippen LogP contribution in [0.2, 0.25) is 0 Å². The van der Waals surface area contributed by atoms with Crippen LogP contribution in [0, 0.1) is 11.3 Å². The first-order valence-corrected chi connectivity index (χ1v) is 6.64. The summed E-state index contributed by atoms with van der Waals surface area (Å²) < 4.78 is 0. The van der Waals surface area contributed by atoms with E-state index in [1.54, 1.807) is 0 Å². The molecule has 0 aromatic carbocycles. The summed E-state index contributed by atoms with van der Waals surface area (Å²) in [5, 5.41) is 3.16. The zero-order valence-electron chi connectivity index (χ0n) is 11.8. The third kappa shape index (κ3) is 5.39. The van der Waals surface area contributed by atoms with E-state index in [0.29, 0.717) is 17.3 Å². The van der Waals surface area contributed by atoms with Gasteiger partial charge < -0.3 is 16.0 Å². The lowest BCUT2D eigenvalue weighted by molar-refractivity contribution is 0.147. The molecule has 1 rings (SSSR count). The van der Waals surface area contributed by atoms with E-state index in [4.69, 9.17) is 5.73 Å². The van der Waals surface area contributed by atoms with E-state index in [1.165, 1.54) is 25.9 Å². The molecule has 4 nitrogen and oxygen atoms in total. The van der Waals surface area contributed by atoms with Crippen LogP contribution in [0.3, 0.4) is 0 Å². The number of rotatable bonds is 4. The SMILES string of the molecule is CC(C)CNC(N)=NCC1(C)CCN(C)CC1. The molecule has 1 saturated heterocycles. The molecule has 1 heterocycles. The van der Waals surface area contributed by atoms with Crippen molar-refractivity contribution in [2.75, 3.05) is 33.2 Å². The van der Waals surface area contributed by atoms with Crippen LogP contribution in [0.5, 0.6) is 0 Å². The van der Waals surface area contributed by atoms with Crippen molar-refractivity contribution in [3.8, 4) is 0 Å². The number of nitrogens with one attached hydrogen (secondary N) is 1. The standard InChI is InChI=1S/C13H28N4/c1-11(2)9-15-12(14)16-10-13(3)5-7-17(4)8-6-13/h11H,5-10H2,1-4H3,(H3,14,15,16). The lowest BCUT2D eigenvalue weighted by Gasteiger charge is -2.36. The second-order valence-electron chi connectivity index (χ2n) is 6.09. The Morgan fingerprint density at radius 1 is 1.41 bits per heavy atom. The smallest absolute Gasteiger partial charge is 0.188 e. The van der Waals surface area contributed by atoms with Crippen molar-refractivity contribution in [1.82, 2.24) is 10.2 Å². The first-order valence-electron chi connectivity index (χ1n) is 6.64. The Bertz CT molecular complexity index is 252. The fraction of sp³-hybridized carbons (Fsp3) is 0.923. The summed E-state index contributed by atoms with van der Waals surface area (Å²) in [7, 11) is 2.18. The van der Waals surface area contributed by atoms with Crippen molar-refractivity contribution < 1.29 is 0 Å². The Hall–Kier alpha value is -0.770. The van der Waals surface area contributed by atoms with Gasteiger partial charge in [-0.2, -0.15) is 0 Å². The van der Waals surface area contributed by atoms with Crippen molar-refractivity contribution in [1.29, 1.82) is 0 Å². The minimum atomic E-state index is 0.330. The molecule has 0 saturated carbocycles. The summed E-state index contributed by atoms with van der Waals surface area (Å²) >= 11 is 0. The van der Waals surface area contributed by atoms with Gasteiger partial charge in [-0.25, -0.2) is 0 Å². The molecule has 0 amide bonds. The molecular formula is C13H28N4. The molecule has 0 aliphatic carbocycles. The van der Waals surface area contributed by atoms with Crippen molar-refractivity contribution in [2.24, 2.45) is 22.1 Å². The fourth-order valence-corrected chi connectivity index (χ4v) is 1.96. The van der Waals surface area contributed by atoms with Crippen LogP contribution in [-0.4, -0.2) is 44.1 Å². The maximum absolute atomic E-state index is 5.85. The predicted molar refractivity (Wildman–Crippen MR) is 74.2 cm³/mol. The topological polar surface area (TPSA) is 53.6 Å². The van der Waals surface area contributed by atoms with E-state index in [0.717, 1.165) is 13.1 Å². The van der Waals surface area contributed by atoms with E-state index in [1.807, 2.05) is 0 Å². The summed E-state index contributed by atoms with van der Waals surface area (Å²) in [5.74, 6) is 1.20. The Labute approximate surface area is 106 Å². The molecule has 0 bridgehead atoms. The molecule has 4 heteroatoms. The van der Waals surface area contributed by atoms with Crippen molar-refractivity contribution >= 4 is 5.96 Å². The maximum Gasteiger partial charge on any atom is 0.188 e. The summed E-state index contributed by atoms with van der Waals surface area (Å²) in [5.41, 5.74) is 6.18. The number of hydrogen-bond donors (Lipinski definition) is 2. The maximum atomic E-state index is 5.85. The van der Waals surface area contributed by atoms with Gasteiger partial charge in [-0.05, 0) is 44.3 Å². The zero-order valence-corrected chi connectivity index (χ0v) is 11.8. The Morgan fingerprint density at radius 2 is 2.00 bits per heavy atom. The van der Waals surface area contributed by atoms with E-state index < -0.39 is 0 Å². The lowest BCUT2D eigenvalue weighted by atomic mass is 9.80. The molecule has 17 heavy (non-hydrogen) atoms. The number of hydrogen-bond acceptors (Lipinski definition) is 2. The van der Waals surface area contributed by atoms with Gasteiger partial charge in [0.15, 0.2) is 5.96 Å². The first-order chi connectivity index (χ1) is 7.91. The third-order valence-corrected chi connectivity index (χ3v) is 3.52. The average molecular weight is 240 g/mol. The van der Waals surface area contributed by atoms with Gasteiger partial charge in [0.25, 0.3) is 0 Å². The molecule has 1 fully saturated rings. The van der Waals surface area contributed by atoms with Gasteiger partial charge in [0.2, 0.25) is 0 Å². The summed E-state index contributed by atoms with van der Waals surface area (Å²) in [6, 6.07) is 0. The molecule has 0 aromatic rings. The van der Waals surface area contributed by atoms with Gasteiger partial charge in [-0.15, -0.1) is 0 Å². The number of likely N-dealkylation sites (tertiary alicyclic amines) is 1. The van der Waals surface area contributed by atoms with E-state index in [9.17, 15) is 0 Å². The van der Waals surface area contributed by atoms with Crippen molar-refractivity contribution in [3.63, 3.8) is 0 Å². The van der Waals surface area contributed by atoms with Crippen molar-refractivity contribution in [2.45, 2.75) is 33.6 Å². The van der Waals surface area contributed by atoms with Gasteiger partial charge in [0.05, 0.1) is 0 Å². The highest BCUT2D eigenvalue weighted by molar-refractivity contribution is 5.77. The minimum absolute atomic E-state index is 0.330. The molecule has 1 aliphatic rings. The molecule has 0 atom stereocenters. The lowest BCUT2D eigenvalue weighted by Crippen LogP contribution is -2.39. The average Bonchev–Trinajstić information content (AvgIpc) is 2.28. The summed E-state index contributed by atoms with van der Waals surface area (Å²) in [6.45, 7) is 10.7. The third-order valence-electron chi connectivity index (χ3n) is 3.52. The number of guanidine groups is 1. The number of nitrogens with zero attached hydrogens (tertiary/aromatic N) is 2. The zero-order chi connectivity index (χ0) is 12.9. The van der Waals surface area contributed by atoms with Crippen LogP contribution >= 0.6 is 0 Å². The molecule has 0 unspecified atom stereocenters. The first kappa shape index (κ1) is 14.3. The number of nitrogens with two attached hydrogens (primary N) is 1. The quantitative estimate of drug-likeness (QED) is 0.575. The van der Waals surface area contributed by atoms with E-state index >= 15 is 0 Å². The molecule has 100 valence electrons. The molecule has 3 N–H and O–H groups in total. The van der Waals surface area contributed by atoms with Gasteiger partial charge >= 0.3 is 0 Å². The highest BCUT2D eigenvalue weighted by atomic mass is 15.1. The van der Waals surface area contributed by atoms with Crippen LogP contribution in [0.1, 0.15) is 33.6 Å². The second-order valence-corrected chi connectivity index (χ2v) is 6.09. The highest BCUT2D eigenvalue weighted by Crippen LogP contribution is 2.30. The van der Waals surface area contributed by atoms with Gasteiger partial charge in [-0.1, -0.05) is 20.8 Å². The normalized spacial score (nSPS) is 21.8. The Morgan fingerprint density at radius 3 is 2.53 bits per heavy atom. The van der Waals surface area contributed by atoms with Gasteiger partial charge in [0.1, 0.15) is 0 Å². The molecule has 0 spiro atoms. The van der Waals surface area contributed by atoms with Gasteiger partial charge in [-0.3, -0.25) is 4.99 Å². The monoisotopic (exact) mass is 240 g/mol. The summed E-state index contributed by atoms with van der Waals surface area (Å²) in [6.07, 6.45) is 2.43. The largest absolute Gasteiger partial charge is 0.370 e. The number of aliphatic imine (C=N–C) groups is 1. The summed E-state index contributed by atoms with van der Waals surface area (Å²) in [4.78, 5) is 6.86. The molecule has 1 aliphatic heterocycles. The predicted octanol–water partition coefficient (Wildman–Crippen LogP) is 1.28. The van der Waals surface area contributed by atoms with E-state index in [-0.39, 0.29) is 0 Å². The Kier molecular flexibility index (Phi) is 5.25.